The number of carboxylic acids is 1. The van der Waals surface area contributed by atoms with E-state index in [0.717, 1.165) is 25.9 Å². The van der Waals surface area contributed by atoms with E-state index in [-0.39, 0.29) is 0 Å². The first-order valence-corrected chi connectivity index (χ1v) is 9.80. The van der Waals surface area contributed by atoms with Gasteiger partial charge >= 0.3 is 5.97 Å². The van der Waals surface area contributed by atoms with E-state index in [1.54, 1.807) is 6.92 Å². The molecule has 4 nitrogen and oxygen atoms in total. The van der Waals surface area contributed by atoms with Crippen LogP contribution in [0.15, 0.2) is 0 Å². The van der Waals surface area contributed by atoms with Gasteiger partial charge < -0.3 is 5.11 Å². The fourth-order valence-corrected chi connectivity index (χ4v) is 2.70. The Morgan fingerprint density at radius 3 is 1.43 bits per heavy atom. The van der Waals surface area contributed by atoms with E-state index in [4.69, 9.17) is 0 Å². The molecule has 0 aromatic carbocycles. The number of hydrogen-bond acceptors (Lipinski definition) is 3. The van der Waals surface area contributed by atoms with Gasteiger partial charge in [0.1, 0.15) is 0 Å². The van der Waals surface area contributed by atoms with Crippen molar-refractivity contribution in [2.75, 3.05) is 13.1 Å². The molecule has 0 aliphatic heterocycles. The first-order chi connectivity index (χ1) is 11.1. The second-order valence-electron chi connectivity index (χ2n) is 6.82. The Kier molecular flexibility index (Phi) is 14.6. The molecule has 0 aliphatic carbocycles. The first kappa shape index (κ1) is 22.4. The Morgan fingerprint density at radius 1 is 0.739 bits per heavy atom. The fourth-order valence-electron chi connectivity index (χ4n) is 2.70. The number of rotatable bonds is 17. The highest BCUT2D eigenvalue weighted by Crippen LogP contribution is 2.07. The van der Waals surface area contributed by atoms with Gasteiger partial charge in [0, 0.05) is 0 Å². The van der Waals surface area contributed by atoms with E-state index < -0.39 is 11.6 Å². The lowest BCUT2D eigenvalue weighted by Crippen LogP contribution is -2.60. The van der Waals surface area contributed by atoms with Gasteiger partial charge in [-0.25, -0.2) is 4.79 Å². The van der Waals surface area contributed by atoms with Crippen molar-refractivity contribution in [3.8, 4) is 0 Å². The zero-order valence-electron chi connectivity index (χ0n) is 15.8. The smallest absolute Gasteiger partial charge is 0.338 e. The molecule has 0 unspecified atom stereocenters. The molecule has 0 heterocycles. The van der Waals surface area contributed by atoms with Crippen molar-refractivity contribution < 1.29 is 9.90 Å². The minimum absolute atomic E-state index is 0.762. The van der Waals surface area contributed by atoms with Crippen LogP contribution in [0.1, 0.15) is 97.8 Å². The van der Waals surface area contributed by atoms with E-state index in [9.17, 15) is 9.90 Å². The van der Waals surface area contributed by atoms with Crippen molar-refractivity contribution in [2.24, 2.45) is 0 Å². The van der Waals surface area contributed by atoms with Gasteiger partial charge in [0.15, 0.2) is 5.66 Å². The molecule has 23 heavy (non-hydrogen) atoms. The van der Waals surface area contributed by atoms with Crippen LogP contribution in [0.3, 0.4) is 0 Å². The van der Waals surface area contributed by atoms with Crippen LogP contribution in [-0.4, -0.2) is 29.8 Å². The highest BCUT2D eigenvalue weighted by molar-refractivity contribution is 5.77. The molecule has 0 bridgehead atoms. The van der Waals surface area contributed by atoms with Gasteiger partial charge in [-0.15, -0.1) is 0 Å². The van der Waals surface area contributed by atoms with Crippen LogP contribution in [-0.2, 0) is 4.79 Å². The van der Waals surface area contributed by atoms with E-state index in [0.29, 0.717) is 0 Å². The Balaban J connectivity index is 3.77. The molecule has 0 fully saturated rings. The molecule has 0 aromatic rings. The molecule has 0 saturated carbocycles. The molecule has 0 rings (SSSR count). The summed E-state index contributed by atoms with van der Waals surface area (Å²) in [5.74, 6) is -0.811. The van der Waals surface area contributed by atoms with E-state index in [2.05, 4.69) is 24.5 Å². The number of carbonyl (C=O) groups is 1. The Morgan fingerprint density at radius 2 is 1.09 bits per heavy atom. The van der Waals surface area contributed by atoms with Gasteiger partial charge in [0.05, 0.1) is 0 Å². The summed E-state index contributed by atoms with van der Waals surface area (Å²) < 4.78 is 0. The standard InChI is InChI=1S/C19H40N2O2/c1-4-6-8-10-12-14-16-20-19(3,18(22)23)21-17-15-13-11-9-7-5-2/h20-21H,4-17H2,1-3H3,(H,22,23). The van der Waals surface area contributed by atoms with Crippen LogP contribution < -0.4 is 10.6 Å². The molecule has 3 N–H and O–H groups in total. The van der Waals surface area contributed by atoms with Crippen LogP contribution in [0.25, 0.3) is 0 Å². The molecule has 0 aromatic heterocycles. The molecular weight excluding hydrogens is 288 g/mol. The minimum atomic E-state index is -0.993. The lowest BCUT2D eigenvalue weighted by Gasteiger charge is -2.28. The topological polar surface area (TPSA) is 61.4 Å². The van der Waals surface area contributed by atoms with Gasteiger partial charge in [0.2, 0.25) is 0 Å². The molecule has 0 atom stereocenters. The van der Waals surface area contributed by atoms with Crippen LogP contribution in [0.2, 0.25) is 0 Å². The summed E-state index contributed by atoms with van der Waals surface area (Å²) in [6, 6.07) is 0. The number of hydrogen-bond donors (Lipinski definition) is 3. The van der Waals surface area contributed by atoms with Gasteiger partial charge in [0.25, 0.3) is 0 Å². The maximum atomic E-state index is 11.5. The minimum Gasteiger partial charge on any atom is -0.479 e. The number of carboxylic acid groups (broad SMARTS) is 1. The summed E-state index contributed by atoms with van der Waals surface area (Å²) in [6.45, 7) is 7.70. The molecule has 4 heteroatoms. The third kappa shape index (κ3) is 12.5. The maximum Gasteiger partial charge on any atom is 0.338 e. The lowest BCUT2D eigenvalue weighted by atomic mass is 10.1. The molecule has 0 spiro atoms. The average Bonchev–Trinajstić information content (AvgIpc) is 2.53. The van der Waals surface area contributed by atoms with Crippen LogP contribution in [0.5, 0.6) is 0 Å². The van der Waals surface area contributed by atoms with E-state index in [1.165, 1.54) is 64.2 Å². The highest BCUT2D eigenvalue weighted by Gasteiger charge is 2.31. The Bertz CT molecular complexity index is 265. The van der Waals surface area contributed by atoms with Gasteiger partial charge in [-0.05, 0) is 32.9 Å². The molecule has 0 saturated heterocycles. The summed E-state index contributed by atoms with van der Waals surface area (Å²) in [4.78, 5) is 11.5. The molecule has 138 valence electrons. The predicted octanol–water partition coefficient (Wildman–Crippen LogP) is 4.69. The SMILES string of the molecule is CCCCCCCCNC(C)(NCCCCCCCC)C(=O)O. The van der Waals surface area contributed by atoms with Crippen molar-refractivity contribution in [3.05, 3.63) is 0 Å². The zero-order chi connectivity index (χ0) is 17.4. The van der Waals surface area contributed by atoms with E-state index in [1.807, 2.05) is 0 Å². The van der Waals surface area contributed by atoms with Crippen molar-refractivity contribution in [3.63, 3.8) is 0 Å². The van der Waals surface area contributed by atoms with Crippen molar-refractivity contribution in [1.29, 1.82) is 0 Å². The monoisotopic (exact) mass is 328 g/mol. The number of aliphatic carboxylic acids is 1. The molecule has 0 radical (unpaired) electrons. The molecular formula is C19H40N2O2. The number of nitrogens with one attached hydrogen (secondary N) is 2. The van der Waals surface area contributed by atoms with Crippen LogP contribution >= 0.6 is 0 Å². The Hall–Kier alpha value is -0.610. The molecule has 0 aliphatic rings. The normalized spacial score (nSPS) is 11.8. The van der Waals surface area contributed by atoms with Gasteiger partial charge in [-0.3, -0.25) is 10.6 Å². The van der Waals surface area contributed by atoms with Gasteiger partial charge in [-0.1, -0.05) is 78.1 Å². The maximum absolute atomic E-state index is 11.5. The molecule has 0 amide bonds. The summed E-state index contributed by atoms with van der Waals surface area (Å²) in [6.07, 6.45) is 14.7. The lowest BCUT2D eigenvalue weighted by molar-refractivity contribution is -0.145. The fraction of sp³-hybridized carbons (Fsp3) is 0.947. The second-order valence-corrected chi connectivity index (χ2v) is 6.82. The first-order valence-electron chi connectivity index (χ1n) is 9.80. The van der Waals surface area contributed by atoms with Crippen molar-refractivity contribution in [2.45, 2.75) is 103 Å². The second kappa shape index (κ2) is 14.9. The average molecular weight is 329 g/mol. The highest BCUT2D eigenvalue weighted by atomic mass is 16.4. The number of unbranched alkanes of at least 4 members (excludes halogenated alkanes) is 10. The summed E-state index contributed by atoms with van der Waals surface area (Å²) in [5, 5.41) is 15.8. The summed E-state index contributed by atoms with van der Waals surface area (Å²) in [7, 11) is 0. The largest absolute Gasteiger partial charge is 0.479 e. The summed E-state index contributed by atoms with van der Waals surface area (Å²) in [5.41, 5.74) is -0.993. The Labute approximate surface area is 143 Å². The quantitative estimate of drug-likeness (QED) is 0.268. The van der Waals surface area contributed by atoms with E-state index >= 15 is 0 Å². The summed E-state index contributed by atoms with van der Waals surface area (Å²) >= 11 is 0. The third-order valence-corrected chi connectivity index (χ3v) is 4.45. The van der Waals surface area contributed by atoms with Gasteiger partial charge in [-0.2, -0.15) is 0 Å². The third-order valence-electron chi connectivity index (χ3n) is 4.45. The van der Waals surface area contributed by atoms with Crippen molar-refractivity contribution >= 4 is 5.97 Å². The zero-order valence-corrected chi connectivity index (χ0v) is 15.8. The predicted molar refractivity (Wildman–Crippen MR) is 98.8 cm³/mol. The van der Waals surface area contributed by atoms with Crippen LogP contribution in [0, 0.1) is 0 Å². The van der Waals surface area contributed by atoms with Crippen LogP contribution in [0.4, 0.5) is 0 Å². The van der Waals surface area contributed by atoms with Crippen molar-refractivity contribution in [1.82, 2.24) is 10.6 Å².